The summed E-state index contributed by atoms with van der Waals surface area (Å²) < 4.78 is 84.6. The number of nitrogens with zero attached hydrogens (tertiary/aromatic N) is 4. The molecule has 0 amide bonds. The zero-order valence-electron chi connectivity index (χ0n) is 25.8. The van der Waals surface area contributed by atoms with Gasteiger partial charge in [0.15, 0.2) is 0 Å². The van der Waals surface area contributed by atoms with Crippen molar-refractivity contribution >= 4 is 23.0 Å². The second-order valence-corrected chi connectivity index (χ2v) is 10.3. The molecule has 16 heteroatoms. The number of halogens is 6. The molecule has 6 rings (SSSR count). The Morgan fingerprint density at radius 2 is 1.14 bits per heavy atom. The monoisotopic (exact) mass is 694 g/mol. The molecule has 6 aromatic rings. The molecule has 4 heterocycles. The van der Waals surface area contributed by atoms with E-state index >= 15 is 0 Å². The fourth-order valence-electron chi connectivity index (χ4n) is 5.09. The number of ether oxygens (including phenoxy) is 1. The van der Waals surface area contributed by atoms with Crippen LogP contribution in [-0.2, 0) is 29.9 Å². The number of aromatic carboxylic acids is 1. The van der Waals surface area contributed by atoms with Crippen LogP contribution in [0.25, 0.3) is 11.0 Å². The first-order valence-electron chi connectivity index (χ1n) is 13.8. The molecule has 4 aromatic heterocycles. The van der Waals surface area contributed by atoms with Gasteiger partial charge < -0.3 is 15.3 Å². The fourth-order valence-corrected chi connectivity index (χ4v) is 5.09. The number of fused-ring (bicyclic) bond motifs is 2. The van der Waals surface area contributed by atoms with E-state index in [1.54, 1.807) is 48.8 Å². The summed E-state index contributed by atoms with van der Waals surface area (Å²) in [6.07, 6.45) is -2.51. The average Bonchev–Trinajstić information content (AvgIpc) is 3.67. The van der Waals surface area contributed by atoms with Crippen LogP contribution >= 0.6 is 0 Å². The molecule has 0 bridgehead atoms. The topological polar surface area (TPSA) is 128 Å². The number of carboxylic acids is 1. The van der Waals surface area contributed by atoms with Crippen LogP contribution in [0.15, 0.2) is 97.6 Å². The third-order valence-corrected chi connectivity index (χ3v) is 7.18. The van der Waals surface area contributed by atoms with Crippen molar-refractivity contribution in [2.45, 2.75) is 25.2 Å². The number of alkyl halides is 6. The largest absolute Gasteiger partial charge is 1.00 e. The van der Waals surface area contributed by atoms with Gasteiger partial charge >= 0.3 is 53.8 Å². The van der Waals surface area contributed by atoms with Crippen molar-refractivity contribution in [1.29, 1.82) is 0 Å². The van der Waals surface area contributed by atoms with Gasteiger partial charge in [-0.05, 0) is 59.4 Å². The van der Waals surface area contributed by atoms with Gasteiger partial charge in [0, 0.05) is 12.4 Å². The number of carboxylic acid groups (broad SMARTS) is 1. The van der Waals surface area contributed by atoms with Crippen molar-refractivity contribution in [2.75, 3.05) is 7.11 Å². The van der Waals surface area contributed by atoms with Crippen LogP contribution in [0.1, 0.15) is 54.1 Å². The number of esters is 1. The molecule has 0 fully saturated rings. The first kappa shape index (κ1) is 38.7. The van der Waals surface area contributed by atoms with Crippen molar-refractivity contribution in [2.24, 2.45) is 0 Å². The predicted molar refractivity (Wildman–Crippen MR) is 159 cm³/mol. The van der Waals surface area contributed by atoms with Gasteiger partial charge in [-0.1, -0.05) is 48.5 Å². The van der Waals surface area contributed by atoms with Crippen molar-refractivity contribution in [3.63, 3.8) is 0 Å². The van der Waals surface area contributed by atoms with Crippen LogP contribution in [0.5, 0.6) is 0 Å². The predicted octanol–water partition coefficient (Wildman–Crippen LogP) is 4.20. The van der Waals surface area contributed by atoms with Crippen molar-refractivity contribution in [1.82, 2.24) is 19.2 Å². The van der Waals surface area contributed by atoms with Crippen LogP contribution in [0.3, 0.4) is 0 Å². The van der Waals surface area contributed by atoms with Gasteiger partial charge in [0.1, 0.15) is 11.1 Å². The number of carbonyl (C=O) groups is 2. The molecule has 0 spiro atoms. The fraction of sp³-hybridized carbons (Fsp3) is 0.152. The van der Waals surface area contributed by atoms with Crippen LogP contribution in [-0.4, -0.2) is 48.9 Å². The van der Waals surface area contributed by atoms with E-state index in [0.717, 1.165) is 24.3 Å². The number of methoxy groups -OCH3 is 1. The molecule has 0 saturated heterocycles. The quantitative estimate of drug-likeness (QED) is 0.157. The van der Waals surface area contributed by atoms with Gasteiger partial charge in [-0.25, -0.2) is 18.6 Å². The van der Waals surface area contributed by atoms with Gasteiger partial charge in [-0.15, -0.1) is 0 Å². The van der Waals surface area contributed by atoms with E-state index in [-0.39, 0.29) is 59.0 Å². The standard InChI is InChI=1S/C17H13F3N2O2.C16H11F3N2O2.Na.H2O/c1-24-16(23)14-10-21-22-7-3-5-12(15(14)22)8-11-4-2-6-13(9-11)17(18,19)20;17-16(18,19)12-5-1-3-10(8-12)7-11-4-2-6-21-14(11)13(9-20-21)15(22)23;;/h2-7,9-10H,8H2,1H3;1-6,8-9H,7H2,(H,22,23);;1H2/q;;+1;/p-1. The Morgan fingerprint density at radius 3 is 1.55 bits per heavy atom. The zero-order valence-corrected chi connectivity index (χ0v) is 27.8. The molecule has 2 aromatic carbocycles. The first-order chi connectivity index (χ1) is 22.3. The van der Waals surface area contributed by atoms with Crippen LogP contribution in [0, 0.1) is 0 Å². The second-order valence-electron chi connectivity index (χ2n) is 10.3. The Bertz CT molecular complexity index is 2090. The van der Waals surface area contributed by atoms with Gasteiger partial charge in [0.2, 0.25) is 0 Å². The second kappa shape index (κ2) is 15.7. The van der Waals surface area contributed by atoms with E-state index in [1.165, 1.54) is 40.7 Å². The summed E-state index contributed by atoms with van der Waals surface area (Å²) in [5.41, 5.74) is 2.02. The number of hydrogen-bond acceptors (Lipinski definition) is 6. The van der Waals surface area contributed by atoms with E-state index in [1.807, 2.05) is 0 Å². The van der Waals surface area contributed by atoms with E-state index in [4.69, 9.17) is 4.74 Å². The molecular formula is C33H25F6N4NaO5. The molecule has 0 atom stereocenters. The zero-order chi connectivity index (χ0) is 33.9. The molecular weight excluding hydrogens is 669 g/mol. The van der Waals surface area contributed by atoms with Crippen molar-refractivity contribution in [3.8, 4) is 0 Å². The third kappa shape index (κ3) is 8.86. The van der Waals surface area contributed by atoms with Crippen LogP contribution in [0.4, 0.5) is 26.3 Å². The first-order valence-corrected chi connectivity index (χ1v) is 13.8. The van der Waals surface area contributed by atoms with Crippen LogP contribution < -0.4 is 29.6 Å². The smallest absolute Gasteiger partial charge is 0.870 e. The number of pyridine rings is 2. The molecule has 0 saturated carbocycles. The molecule has 0 aliphatic heterocycles. The summed E-state index contributed by atoms with van der Waals surface area (Å²) in [5.74, 6) is -1.67. The summed E-state index contributed by atoms with van der Waals surface area (Å²) in [5, 5.41) is 17.2. The maximum atomic E-state index is 12.9. The Balaban J connectivity index is 0.000000255. The van der Waals surface area contributed by atoms with Gasteiger partial charge in [-0.3, -0.25) is 0 Å². The normalized spacial score (nSPS) is 11.2. The summed E-state index contributed by atoms with van der Waals surface area (Å²) in [4.78, 5) is 23.1. The van der Waals surface area contributed by atoms with Crippen molar-refractivity contribution in [3.05, 3.63) is 142 Å². The summed E-state index contributed by atoms with van der Waals surface area (Å²) in [6.45, 7) is 0. The van der Waals surface area contributed by atoms with E-state index in [9.17, 15) is 41.0 Å². The minimum absolute atomic E-state index is 0. The molecule has 0 unspecified atom stereocenters. The minimum atomic E-state index is -4.41. The van der Waals surface area contributed by atoms with Gasteiger partial charge in [0.25, 0.3) is 0 Å². The summed E-state index contributed by atoms with van der Waals surface area (Å²) in [7, 11) is 1.27. The van der Waals surface area contributed by atoms with E-state index in [0.29, 0.717) is 33.3 Å². The average molecular weight is 695 g/mol. The maximum Gasteiger partial charge on any atom is 1.00 e. The Hall–Kier alpha value is -4.70. The number of rotatable bonds is 6. The number of benzene rings is 2. The third-order valence-electron chi connectivity index (χ3n) is 7.18. The van der Waals surface area contributed by atoms with E-state index < -0.39 is 35.4 Å². The SMILES string of the molecule is COC(=O)c1cnn2cccc(Cc3cccc(C(F)(F)F)c3)c12.O=C(O)c1cnn2cccc(Cc3cccc(C(F)(F)F)c3)c12.[Na+].[OH-]. The van der Waals surface area contributed by atoms with Gasteiger partial charge in [0.05, 0.1) is 41.7 Å². The van der Waals surface area contributed by atoms with Gasteiger partial charge in [-0.2, -0.15) is 36.5 Å². The number of aromatic nitrogens is 4. The number of hydrogen-bond donors (Lipinski definition) is 1. The Labute approximate surface area is 296 Å². The Morgan fingerprint density at radius 1 is 0.714 bits per heavy atom. The molecule has 0 aliphatic carbocycles. The minimum Gasteiger partial charge on any atom is -0.870 e. The molecule has 0 aliphatic rings. The molecule has 2 N–H and O–H groups in total. The molecule has 9 nitrogen and oxygen atoms in total. The number of carbonyl (C=O) groups excluding carboxylic acids is 1. The molecule has 250 valence electrons. The van der Waals surface area contributed by atoms with E-state index in [2.05, 4.69) is 10.2 Å². The maximum absolute atomic E-state index is 12.9. The summed E-state index contributed by atoms with van der Waals surface area (Å²) >= 11 is 0. The Kier molecular flexibility index (Phi) is 12.4. The van der Waals surface area contributed by atoms with Crippen LogP contribution in [0.2, 0.25) is 0 Å². The molecule has 0 radical (unpaired) electrons. The molecule has 49 heavy (non-hydrogen) atoms. The van der Waals surface area contributed by atoms with Crippen molar-refractivity contribution < 1.29 is 80.8 Å². The summed E-state index contributed by atoms with van der Waals surface area (Å²) in [6, 6.07) is 17.0.